The molecule has 4 aromatic rings. The highest BCUT2D eigenvalue weighted by Gasteiger charge is 2.19. The molecule has 1 aliphatic rings. The van der Waals surface area contributed by atoms with Crippen molar-refractivity contribution in [3.63, 3.8) is 0 Å². The lowest BCUT2D eigenvalue weighted by atomic mass is 10.0. The molecule has 0 atom stereocenters. The van der Waals surface area contributed by atoms with Crippen LogP contribution in [0.25, 0.3) is 33.5 Å². The predicted molar refractivity (Wildman–Crippen MR) is 123 cm³/mol. The van der Waals surface area contributed by atoms with Crippen LogP contribution < -0.4 is 5.43 Å². The second-order valence-corrected chi connectivity index (χ2v) is 8.19. The van der Waals surface area contributed by atoms with Crippen molar-refractivity contribution in [3.05, 3.63) is 77.9 Å². The lowest BCUT2D eigenvalue weighted by Gasteiger charge is -2.13. The smallest absolute Gasteiger partial charge is 0.0973 e. The van der Waals surface area contributed by atoms with Crippen molar-refractivity contribution in [2.45, 2.75) is 13.1 Å². The van der Waals surface area contributed by atoms with Gasteiger partial charge in [0.15, 0.2) is 0 Å². The molecule has 0 unspecified atom stereocenters. The van der Waals surface area contributed by atoms with Crippen LogP contribution >= 0.6 is 0 Å². The molecule has 0 aliphatic carbocycles. The van der Waals surface area contributed by atoms with E-state index in [1.165, 1.54) is 11.1 Å². The van der Waals surface area contributed by atoms with Crippen LogP contribution in [0.15, 0.2) is 66.7 Å². The van der Waals surface area contributed by atoms with Crippen molar-refractivity contribution in [1.82, 2.24) is 19.9 Å². The van der Waals surface area contributed by atoms with Gasteiger partial charge in [0.1, 0.15) is 0 Å². The number of fused-ring (bicyclic) bond motifs is 2. The van der Waals surface area contributed by atoms with Crippen molar-refractivity contribution in [1.29, 1.82) is 0 Å². The predicted octanol–water partition coefficient (Wildman–Crippen LogP) is 4.80. The minimum Gasteiger partial charge on any atom is -0.318 e. The van der Waals surface area contributed by atoms with Gasteiger partial charge in [-0.1, -0.05) is 54.6 Å². The zero-order valence-corrected chi connectivity index (χ0v) is 17.6. The standard InChI is InChI=1S/C25H25N5/c1-29(2)15-17-9-11-19(12-10-17)25-24(18-7-5-4-6-8-18)27-23-14-21-20(13-22(23)26-25)16-30(3)28-21/h4-14,28H,15-16H2,1-3H3. The van der Waals surface area contributed by atoms with Gasteiger partial charge in [-0.25, -0.2) is 15.0 Å². The molecule has 0 spiro atoms. The Morgan fingerprint density at radius 3 is 2.17 bits per heavy atom. The molecule has 5 nitrogen and oxygen atoms in total. The summed E-state index contributed by atoms with van der Waals surface area (Å²) in [6, 6.07) is 23.3. The maximum Gasteiger partial charge on any atom is 0.0973 e. The minimum atomic E-state index is 0.863. The van der Waals surface area contributed by atoms with E-state index in [1.54, 1.807) is 0 Å². The summed E-state index contributed by atoms with van der Waals surface area (Å²) < 4.78 is 0. The fraction of sp³-hybridized carbons (Fsp3) is 0.200. The second kappa shape index (κ2) is 7.52. The molecule has 3 aromatic carbocycles. The molecule has 0 radical (unpaired) electrons. The van der Waals surface area contributed by atoms with Gasteiger partial charge in [-0.3, -0.25) is 0 Å². The van der Waals surface area contributed by atoms with Crippen LogP contribution in [-0.4, -0.2) is 41.0 Å². The number of rotatable bonds is 4. The van der Waals surface area contributed by atoms with Gasteiger partial charge in [-0.2, -0.15) is 0 Å². The third-order valence-electron chi connectivity index (χ3n) is 5.38. The summed E-state index contributed by atoms with van der Waals surface area (Å²) in [5, 5.41) is 2.08. The number of hydrogen-bond donors (Lipinski definition) is 1. The molecular weight excluding hydrogens is 370 g/mol. The zero-order valence-electron chi connectivity index (χ0n) is 17.6. The molecule has 5 heteroatoms. The Bertz CT molecular complexity index is 1200. The molecule has 1 aromatic heterocycles. The van der Waals surface area contributed by atoms with Crippen LogP contribution in [0.4, 0.5) is 5.69 Å². The van der Waals surface area contributed by atoms with Gasteiger partial charge in [0, 0.05) is 31.3 Å². The maximum absolute atomic E-state index is 5.10. The fourth-order valence-electron chi connectivity index (χ4n) is 4.01. The van der Waals surface area contributed by atoms with Gasteiger partial charge in [-0.05, 0) is 37.4 Å². The van der Waals surface area contributed by atoms with Crippen molar-refractivity contribution in [3.8, 4) is 22.5 Å². The Hall–Kier alpha value is -3.28. The number of aromatic nitrogens is 2. The number of benzene rings is 3. The summed E-state index contributed by atoms with van der Waals surface area (Å²) in [5.74, 6) is 0. The van der Waals surface area contributed by atoms with E-state index >= 15 is 0 Å². The Balaban J connectivity index is 1.68. The highest BCUT2D eigenvalue weighted by Crippen LogP contribution is 2.34. The van der Waals surface area contributed by atoms with Gasteiger partial charge in [-0.15, -0.1) is 0 Å². The Kier molecular flexibility index (Phi) is 4.69. The summed E-state index contributed by atoms with van der Waals surface area (Å²) in [5.41, 5.74) is 12.8. The third kappa shape index (κ3) is 3.54. The highest BCUT2D eigenvalue weighted by atomic mass is 15.5. The molecule has 0 fully saturated rings. The lowest BCUT2D eigenvalue weighted by Crippen LogP contribution is -2.16. The molecule has 0 bridgehead atoms. The Labute approximate surface area is 177 Å². The van der Waals surface area contributed by atoms with Crippen LogP contribution in [-0.2, 0) is 13.1 Å². The molecular formula is C25H25N5. The second-order valence-electron chi connectivity index (χ2n) is 8.19. The SMILES string of the molecule is CN(C)Cc1ccc(-c2nc3cc4c(cc3nc2-c2ccccc2)NN(C)C4)cc1. The zero-order chi connectivity index (χ0) is 20.7. The Morgan fingerprint density at radius 2 is 1.50 bits per heavy atom. The molecule has 150 valence electrons. The highest BCUT2D eigenvalue weighted by molar-refractivity contribution is 5.89. The average Bonchev–Trinajstić information content (AvgIpc) is 3.10. The summed E-state index contributed by atoms with van der Waals surface area (Å²) in [4.78, 5) is 12.3. The van der Waals surface area contributed by atoms with Crippen LogP contribution in [0.3, 0.4) is 0 Å². The molecule has 0 amide bonds. The first-order chi connectivity index (χ1) is 14.6. The number of hydrogen-bond acceptors (Lipinski definition) is 5. The number of nitrogens with zero attached hydrogens (tertiary/aromatic N) is 4. The van der Waals surface area contributed by atoms with E-state index in [9.17, 15) is 0 Å². The van der Waals surface area contributed by atoms with Crippen molar-refractivity contribution < 1.29 is 0 Å². The first-order valence-electron chi connectivity index (χ1n) is 10.2. The van der Waals surface area contributed by atoms with Crippen LogP contribution in [0.5, 0.6) is 0 Å². The lowest BCUT2D eigenvalue weighted by molar-refractivity contribution is 0.402. The van der Waals surface area contributed by atoms with E-state index < -0.39 is 0 Å². The first-order valence-corrected chi connectivity index (χ1v) is 10.2. The quantitative estimate of drug-likeness (QED) is 0.538. The Morgan fingerprint density at radius 1 is 0.867 bits per heavy atom. The van der Waals surface area contributed by atoms with Gasteiger partial charge < -0.3 is 10.3 Å². The topological polar surface area (TPSA) is 44.3 Å². The first kappa shape index (κ1) is 18.7. The van der Waals surface area contributed by atoms with Crippen molar-refractivity contribution in [2.75, 3.05) is 26.6 Å². The van der Waals surface area contributed by atoms with E-state index in [-0.39, 0.29) is 0 Å². The summed E-state index contributed by atoms with van der Waals surface area (Å²) in [6.45, 7) is 1.78. The third-order valence-corrected chi connectivity index (χ3v) is 5.38. The monoisotopic (exact) mass is 395 g/mol. The molecule has 1 aliphatic heterocycles. The summed E-state index contributed by atoms with van der Waals surface area (Å²) >= 11 is 0. The van der Waals surface area contributed by atoms with E-state index in [1.807, 2.05) is 25.2 Å². The van der Waals surface area contributed by atoms with Crippen molar-refractivity contribution >= 4 is 16.7 Å². The summed E-state index contributed by atoms with van der Waals surface area (Å²) in [7, 11) is 6.21. The largest absolute Gasteiger partial charge is 0.318 e. The van der Waals surface area contributed by atoms with E-state index in [0.29, 0.717) is 0 Å². The van der Waals surface area contributed by atoms with Gasteiger partial charge in [0.05, 0.1) is 28.1 Å². The van der Waals surface area contributed by atoms with E-state index in [2.05, 4.69) is 78.0 Å². The van der Waals surface area contributed by atoms with Gasteiger partial charge in [0.25, 0.3) is 0 Å². The number of hydrazine groups is 1. The van der Waals surface area contributed by atoms with Gasteiger partial charge in [0.2, 0.25) is 0 Å². The number of anilines is 1. The molecule has 2 heterocycles. The van der Waals surface area contributed by atoms with Crippen LogP contribution in [0.1, 0.15) is 11.1 Å². The average molecular weight is 396 g/mol. The molecule has 0 saturated carbocycles. The maximum atomic E-state index is 5.10. The minimum absolute atomic E-state index is 0.863. The summed E-state index contributed by atoms with van der Waals surface area (Å²) in [6.07, 6.45) is 0. The normalized spacial score (nSPS) is 13.6. The number of nitrogens with one attached hydrogen (secondary N) is 1. The van der Waals surface area contributed by atoms with Crippen molar-refractivity contribution in [2.24, 2.45) is 0 Å². The van der Waals surface area contributed by atoms with Gasteiger partial charge >= 0.3 is 0 Å². The molecule has 0 saturated heterocycles. The van der Waals surface area contributed by atoms with Crippen LogP contribution in [0, 0.1) is 0 Å². The molecule has 1 N–H and O–H groups in total. The molecule has 30 heavy (non-hydrogen) atoms. The van der Waals surface area contributed by atoms with E-state index in [0.717, 1.165) is 52.3 Å². The van der Waals surface area contributed by atoms with Crippen LogP contribution in [0.2, 0.25) is 0 Å². The fourth-order valence-corrected chi connectivity index (χ4v) is 4.01. The molecule has 5 rings (SSSR count). The van der Waals surface area contributed by atoms with E-state index in [4.69, 9.17) is 9.97 Å².